The molecule has 0 aliphatic heterocycles. The Balaban J connectivity index is -0.0000000233. The number of hydrogen-bond donors (Lipinski definition) is 2. The van der Waals surface area contributed by atoms with Crippen molar-refractivity contribution in [1.82, 2.24) is 0 Å². The van der Waals surface area contributed by atoms with Crippen LogP contribution in [0.4, 0.5) is 0 Å². The number of carboxylic acids is 1. The quantitative estimate of drug-likeness (QED) is 0.269. The molecule has 0 aliphatic rings. The smallest absolute Gasteiger partial charge is 1.00 e. The molecular weight excluding hydrogens is 123 g/mol. The Hall–Kier alpha value is -0.0600. The van der Waals surface area contributed by atoms with Gasteiger partial charge in [0.05, 0.1) is 0 Å². The summed E-state index contributed by atoms with van der Waals surface area (Å²) in [4.78, 5) is 17.4. The zero-order chi connectivity index (χ0) is 6.28. The first-order valence-electron chi connectivity index (χ1n) is 1.42. The van der Waals surface area contributed by atoms with E-state index in [0.717, 1.165) is 6.92 Å². The molecular formula is C3H7NaO4. The molecule has 0 saturated heterocycles. The minimum Gasteiger partial charge on any atom is -1.00 e. The van der Waals surface area contributed by atoms with E-state index in [0.29, 0.717) is 0 Å². The zero-order valence-electron chi connectivity index (χ0n) is 5.79. The molecule has 0 amide bonds. The Bertz CT molecular complexity index is 62.8. The topological polar surface area (TPSA) is 74.6 Å². The molecule has 0 unspecified atom stereocenters. The maximum absolute atomic E-state index is 9.00. The van der Waals surface area contributed by atoms with E-state index in [1.807, 2.05) is 0 Å². The molecule has 0 saturated carbocycles. The molecule has 0 heterocycles. The van der Waals surface area contributed by atoms with E-state index >= 15 is 0 Å². The molecule has 2 N–H and O–H groups in total. The average Bonchev–Trinajstić information content (AvgIpc) is 1.33. The molecule has 0 aromatic carbocycles. The van der Waals surface area contributed by atoms with Crippen molar-refractivity contribution >= 4 is 12.4 Å². The Morgan fingerprint density at radius 3 is 1.75 bits per heavy atom. The van der Waals surface area contributed by atoms with E-state index in [1.54, 1.807) is 0 Å². The van der Waals surface area contributed by atoms with Crippen LogP contribution in [0.15, 0.2) is 0 Å². The molecule has 0 atom stereocenters. The van der Waals surface area contributed by atoms with Crippen LogP contribution in [0.25, 0.3) is 0 Å². The molecule has 0 radical (unpaired) electrons. The molecule has 0 bridgehead atoms. The van der Waals surface area contributed by atoms with Gasteiger partial charge in [-0.25, -0.2) is 0 Å². The number of hydrogen-bond acceptors (Lipinski definition) is 2. The van der Waals surface area contributed by atoms with Crippen LogP contribution in [0.2, 0.25) is 0 Å². The van der Waals surface area contributed by atoms with Crippen LogP contribution < -0.4 is 29.6 Å². The Morgan fingerprint density at radius 1 is 1.75 bits per heavy atom. The van der Waals surface area contributed by atoms with Crippen molar-refractivity contribution in [2.75, 3.05) is 0 Å². The van der Waals surface area contributed by atoms with Gasteiger partial charge in [-0.15, -0.1) is 0 Å². The number of rotatable bonds is 0. The van der Waals surface area contributed by atoms with E-state index in [2.05, 4.69) is 0 Å². The van der Waals surface area contributed by atoms with Crippen molar-refractivity contribution in [1.29, 1.82) is 0 Å². The van der Waals surface area contributed by atoms with E-state index in [1.165, 1.54) is 0 Å². The average molecular weight is 130 g/mol. The van der Waals surface area contributed by atoms with Gasteiger partial charge in [-0.1, -0.05) is 0 Å². The second-order valence-electron chi connectivity index (χ2n) is 0.624. The first kappa shape index (κ1) is 15.7. The molecule has 5 heteroatoms. The fraction of sp³-hybridized carbons (Fsp3) is 0.333. The molecule has 8 heavy (non-hydrogen) atoms. The number of aliphatic carboxylic acids is 1. The van der Waals surface area contributed by atoms with Gasteiger partial charge in [0.25, 0.3) is 12.4 Å². The van der Waals surface area contributed by atoms with Crippen molar-refractivity contribution < 1.29 is 50.8 Å². The van der Waals surface area contributed by atoms with Gasteiger partial charge >= 0.3 is 29.6 Å². The second-order valence-corrected chi connectivity index (χ2v) is 0.624. The molecule has 0 aromatic rings. The molecule has 0 spiro atoms. The van der Waals surface area contributed by atoms with Gasteiger partial charge in [-0.3, -0.25) is 9.59 Å². The monoisotopic (exact) mass is 130 g/mol. The third-order valence-corrected chi connectivity index (χ3v) is 0. The normalized spacial score (nSPS) is 4.62. The van der Waals surface area contributed by atoms with Crippen molar-refractivity contribution in [3.8, 4) is 0 Å². The summed E-state index contributed by atoms with van der Waals surface area (Å²) in [6, 6.07) is 0. The standard InChI is InChI=1S/C2H4O2.CH2O2.Na.H/c1-2(3)4;2-1-3;;/h1H3,(H,3,4);1H,(H,2,3);;/q;;+1;-1. The van der Waals surface area contributed by atoms with E-state index in [-0.39, 0.29) is 37.5 Å². The summed E-state index contributed by atoms with van der Waals surface area (Å²) in [5, 5.41) is 14.3. The van der Waals surface area contributed by atoms with E-state index in [9.17, 15) is 0 Å². The number of carbonyl (C=O) groups is 2. The summed E-state index contributed by atoms with van der Waals surface area (Å²) in [6.45, 7) is 0.833. The fourth-order valence-electron chi connectivity index (χ4n) is 0. The minimum atomic E-state index is -0.833. The largest absolute Gasteiger partial charge is 1.00 e. The van der Waals surface area contributed by atoms with Crippen molar-refractivity contribution in [2.45, 2.75) is 6.92 Å². The van der Waals surface area contributed by atoms with Crippen LogP contribution in [0.3, 0.4) is 0 Å². The fourth-order valence-corrected chi connectivity index (χ4v) is 0. The molecule has 0 aromatic heterocycles. The summed E-state index contributed by atoms with van der Waals surface area (Å²) in [6.07, 6.45) is 0. The van der Waals surface area contributed by atoms with Crippen LogP contribution in [-0.2, 0) is 9.59 Å². The maximum Gasteiger partial charge on any atom is 1.00 e. The summed E-state index contributed by atoms with van der Waals surface area (Å²) in [5.41, 5.74) is 0. The zero-order valence-corrected chi connectivity index (χ0v) is 6.79. The summed E-state index contributed by atoms with van der Waals surface area (Å²) < 4.78 is 0. The van der Waals surface area contributed by atoms with Crippen LogP contribution in [0.1, 0.15) is 8.35 Å². The van der Waals surface area contributed by atoms with Crippen molar-refractivity contribution in [3.63, 3.8) is 0 Å². The van der Waals surface area contributed by atoms with Crippen LogP contribution in [0.5, 0.6) is 0 Å². The van der Waals surface area contributed by atoms with Gasteiger partial charge in [0.1, 0.15) is 0 Å². The molecule has 44 valence electrons. The number of carboxylic acid groups (broad SMARTS) is 2. The third kappa shape index (κ3) is 40300. The summed E-state index contributed by atoms with van der Waals surface area (Å²) >= 11 is 0. The molecule has 0 fully saturated rings. The van der Waals surface area contributed by atoms with Gasteiger partial charge in [0.2, 0.25) is 0 Å². The Morgan fingerprint density at radius 2 is 1.75 bits per heavy atom. The predicted octanol–water partition coefficient (Wildman–Crippen LogP) is -3.09. The molecule has 0 rings (SSSR count). The molecule has 4 nitrogen and oxygen atoms in total. The first-order chi connectivity index (χ1) is 3.15. The van der Waals surface area contributed by atoms with Gasteiger partial charge in [0, 0.05) is 6.92 Å². The van der Waals surface area contributed by atoms with Crippen molar-refractivity contribution in [3.05, 3.63) is 0 Å². The Labute approximate surface area is 70.3 Å². The van der Waals surface area contributed by atoms with E-state index < -0.39 is 5.97 Å². The van der Waals surface area contributed by atoms with Gasteiger partial charge in [-0.2, -0.15) is 0 Å². The van der Waals surface area contributed by atoms with E-state index in [4.69, 9.17) is 19.8 Å². The summed E-state index contributed by atoms with van der Waals surface area (Å²) in [7, 11) is 0. The third-order valence-electron chi connectivity index (χ3n) is 0. The predicted molar refractivity (Wildman–Crippen MR) is 23.1 cm³/mol. The maximum atomic E-state index is 9.00. The first-order valence-corrected chi connectivity index (χ1v) is 1.42. The SMILES string of the molecule is CC(=O)O.O=CO.[H-].[Na+]. The van der Waals surface area contributed by atoms with Crippen molar-refractivity contribution in [2.24, 2.45) is 0 Å². The van der Waals surface area contributed by atoms with Crippen LogP contribution >= 0.6 is 0 Å². The molecule has 0 aliphatic carbocycles. The van der Waals surface area contributed by atoms with Gasteiger partial charge in [-0.05, 0) is 0 Å². The summed E-state index contributed by atoms with van der Waals surface area (Å²) in [5.74, 6) is -0.833. The van der Waals surface area contributed by atoms with Gasteiger partial charge in [0.15, 0.2) is 0 Å². The van der Waals surface area contributed by atoms with Crippen LogP contribution in [0, 0.1) is 0 Å². The van der Waals surface area contributed by atoms with Gasteiger partial charge < -0.3 is 11.6 Å². The van der Waals surface area contributed by atoms with Crippen LogP contribution in [-0.4, -0.2) is 22.7 Å². The Kier molecular flexibility index (Phi) is 30.9. The second kappa shape index (κ2) is 15.8. The minimum absolute atomic E-state index is 0.